The van der Waals surface area contributed by atoms with E-state index in [1.54, 1.807) is 0 Å². The number of imide groups is 1. The third kappa shape index (κ3) is 2.33. The maximum Gasteiger partial charge on any atom is 0.329 e. The van der Waals surface area contributed by atoms with Crippen LogP contribution in [-0.2, 0) is 16.8 Å². The number of carbonyl (C=O) groups excluding carboxylic acids is 3. The predicted molar refractivity (Wildman–Crippen MR) is 92.3 cm³/mol. The zero-order valence-electron chi connectivity index (χ0n) is 13.7. The van der Waals surface area contributed by atoms with Gasteiger partial charge >= 0.3 is 6.03 Å². The van der Waals surface area contributed by atoms with E-state index in [1.807, 2.05) is 0 Å². The molecule has 4 amide bonds. The quantitative estimate of drug-likeness (QED) is 0.771. The number of amides is 4. The minimum absolute atomic E-state index is 0.0562. The number of rotatable bonds is 2. The summed E-state index contributed by atoms with van der Waals surface area (Å²) in [6.45, 7) is 0. The van der Waals surface area contributed by atoms with Crippen LogP contribution in [0.1, 0.15) is 27.9 Å². The number of anilines is 1. The molecule has 2 aromatic rings. The summed E-state index contributed by atoms with van der Waals surface area (Å²) < 4.78 is 28.0. The third-order valence-corrected chi connectivity index (χ3v) is 5.25. The molecule has 1 atom stereocenters. The average Bonchev–Trinajstić information content (AvgIpc) is 3.10. The fraction of sp³-hybridized carbons (Fsp3) is 0.167. The van der Waals surface area contributed by atoms with Crippen LogP contribution in [0.4, 0.5) is 19.3 Å². The van der Waals surface area contributed by atoms with Gasteiger partial charge in [-0.1, -0.05) is 11.6 Å². The number of carbonyl (C=O) groups is 3. The van der Waals surface area contributed by atoms with Crippen molar-refractivity contribution in [2.45, 2.75) is 18.4 Å². The standard InChI is InChI=1S/C18H12ClF2N3O3/c19-11-7-8(1-3-12(11)20)24-16(26)18(23-17(24)27)6-5-9-10(15(22)25)2-4-13(21)14(9)18/h1-4,7H,5-6H2,(H2,22,25)(H,23,27). The number of nitrogens with zero attached hydrogens (tertiary/aromatic N) is 1. The molecular weight excluding hydrogens is 380 g/mol. The van der Waals surface area contributed by atoms with E-state index in [0.29, 0.717) is 5.56 Å². The Kier molecular flexibility index (Phi) is 3.71. The molecule has 138 valence electrons. The van der Waals surface area contributed by atoms with E-state index in [-0.39, 0.29) is 34.7 Å². The molecule has 1 spiro atoms. The van der Waals surface area contributed by atoms with Crippen molar-refractivity contribution in [2.75, 3.05) is 4.90 Å². The Bertz CT molecular complexity index is 1040. The molecule has 1 aliphatic heterocycles. The number of urea groups is 1. The summed E-state index contributed by atoms with van der Waals surface area (Å²) in [6, 6.07) is 4.90. The van der Waals surface area contributed by atoms with Crippen LogP contribution in [0.25, 0.3) is 0 Å². The molecule has 1 unspecified atom stereocenters. The first-order chi connectivity index (χ1) is 12.8. The van der Waals surface area contributed by atoms with Gasteiger partial charge in [0.1, 0.15) is 11.6 Å². The fourth-order valence-electron chi connectivity index (χ4n) is 3.78. The highest BCUT2D eigenvalue weighted by Crippen LogP contribution is 2.45. The van der Waals surface area contributed by atoms with E-state index in [0.717, 1.165) is 23.1 Å². The normalized spacial score (nSPS) is 20.9. The van der Waals surface area contributed by atoms with Gasteiger partial charge in [-0.2, -0.15) is 0 Å². The zero-order valence-corrected chi connectivity index (χ0v) is 14.4. The van der Waals surface area contributed by atoms with Crippen molar-refractivity contribution in [2.24, 2.45) is 5.73 Å². The number of primary amides is 1. The highest BCUT2D eigenvalue weighted by Gasteiger charge is 2.57. The van der Waals surface area contributed by atoms with E-state index in [2.05, 4.69) is 5.32 Å². The molecule has 9 heteroatoms. The number of hydrogen-bond donors (Lipinski definition) is 2. The van der Waals surface area contributed by atoms with E-state index in [4.69, 9.17) is 17.3 Å². The Hall–Kier alpha value is -3.00. The van der Waals surface area contributed by atoms with Crippen LogP contribution in [0, 0.1) is 11.6 Å². The summed E-state index contributed by atoms with van der Waals surface area (Å²) in [5.41, 5.74) is 4.09. The first-order valence-electron chi connectivity index (χ1n) is 7.99. The SMILES string of the molecule is NC(=O)c1ccc(F)c2c1CCC21NC(=O)N(c2ccc(F)c(Cl)c2)C1=O. The number of nitrogens with two attached hydrogens (primary N) is 1. The van der Waals surface area contributed by atoms with E-state index >= 15 is 0 Å². The second-order valence-electron chi connectivity index (χ2n) is 6.39. The summed E-state index contributed by atoms with van der Waals surface area (Å²) in [5.74, 6) is -2.90. The lowest BCUT2D eigenvalue weighted by molar-refractivity contribution is -0.122. The molecule has 3 N–H and O–H groups in total. The Morgan fingerprint density at radius 1 is 1.19 bits per heavy atom. The van der Waals surface area contributed by atoms with Gasteiger partial charge in [0.15, 0.2) is 5.54 Å². The van der Waals surface area contributed by atoms with Gasteiger partial charge in [0.25, 0.3) is 5.91 Å². The summed E-state index contributed by atoms with van der Waals surface area (Å²) in [5, 5.41) is 2.27. The average molecular weight is 392 g/mol. The highest BCUT2D eigenvalue weighted by atomic mass is 35.5. The lowest BCUT2D eigenvalue weighted by Crippen LogP contribution is -2.42. The second-order valence-corrected chi connectivity index (χ2v) is 6.79. The molecule has 6 nitrogen and oxygen atoms in total. The molecular formula is C18H12ClF2N3O3. The molecule has 27 heavy (non-hydrogen) atoms. The van der Waals surface area contributed by atoms with Crippen LogP contribution in [0.15, 0.2) is 30.3 Å². The van der Waals surface area contributed by atoms with Gasteiger partial charge in [-0.05, 0) is 48.7 Å². The van der Waals surface area contributed by atoms with E-state index in [1.165, 1.54) is 12.1 Å². The summed E-state index contributed by atoms with van der Waals surface area (Å²) >= 11 is 5.74. The van der Waals surface area contributed by atoms with E-state index < -0.39 is 35.0 Å². The van der Waals surface area contributed by atoms with Crippen molar-refractivity contribution >= 4 is 35.1 Å². The van der Waals surface area contributed by atoms with Crippen molar-refractivity contribution in [1.82, 2.24) is 5.32 Å². The zero-order chi connectivity index (χ0) is 19.5. The van der Waals surface area contributed by atoms with Gasteiger partial charge in [-0.3, -0.25) is 9.59 Å². The van der Waals surface area contributed by atoms with Crippen molar-refractivity contribution in [3.05, 3.63) is 63.7 Å². The molecule has 1 saturated heterocycles. The largest absolute Gasteiger partial charge is 0.366 e. The molecule has 0 bridgehead atoms. The Labute approximate surface area is 156 Å². The van der Waals surface area contributed by atoms with Crippen molar-refractivity contribution in [1.29, 1.82) is 0 Å². The minimum atomic E-state index is -1.65. The maximum atomic E-state index is 14.6. The van der Waals surface area contributed by atoms with Gasteiger partial charge in [-0.15, -0.1) is 0 Å². The number of hydrogen-bond acceptors (Lipinski definition) is 3. The van der Waals surface area contributed by atoms with Crippen molar-refractivity contribution in [3.8, 4) is 0 Å². The molecule has 0 saturated carbocycles. The van der Waals surface area contributed by atoms with Crippen LogP contribution in [0.2, 0.25) is 5.02 Å². The second kappa shape index (κ2) is 5.75. The van der Waals surface area contributed by atoms with Gasteiger partial charge in [0, 0.05) is 11.1 Å². The topological polar surface area (TPSA) is 92.5 Å². The number of benzene rings is 2. The Morgan fingerprint density at radius 3 is 2.56 bits per heavy atom. The Morgan fingerprint density at radius 2 is 1.89 bits per heavy atom. The highest BCUT2D eigenvalue weighted by molar-refractivity contribution is 6.31. The monoisotopic (exact) mass is 391 g/mol. The minimum Gasteiger partial charge on any atom is -0.366 e. The maximum absolute atomic E-state index is 14.6. The number of fused-ring (bicyclic) bond motifs is 2. The van der Waals surface area contributed by atoms with Crippen molar-refractivity contribution < 1.29 is 23.2 Å². The smallest absolute Gasteiger partial charge is 0.329 e. The van der Waals surface area contributed by atoms with Crippen LogP contribution < -0.4 is 16.0 Å². The lowest BCUT2D eigenvalue weighted by atomic mass is 9.90. The molecule has 2 aromatic carbocycles. The lowest BCUT2D eigenvalue weighted by Gasteiger charge is -2.23. The van der Waals surface area contributed by atoms with Crippen LogP contribution in [-0.4, -0.2) is 17.8 Å². The number of nitrogens with one attached hydrogen (secondary N) is 1. The van der Waals surface area contributed by atoms with Gasteiger partial charge < -0.3 is 11.1 Å². The van der Waals surface area contributed by atoms with Crippen LogP contribution in [0.5, 0.6) is 0 Å². The summed E-state index contributed by atoms with van der Waals surface area (Å²) in [6.07, 6.45) is 0.259. The fourth-order valence-corrected chi connectivity index (χ4v) is 3.96. The van der Waals surface area contributed by atoms with E-state index in [9.17, 15) is 23.2 Å². The summed E-state index contributed by atoms with van der Waals surface area (Å²) in [4.78, 5) is 38.1. The number of halogens is 3. The van der Waals surface area contributed by atoms with Gasteiger partial charge in [0.05, 0.1) is 10.7 Å². The van der Waals surface area contributed by atoms with Gasteiger partial charge in [0.2, 0.25) is 5.91 Å². The molecule has 2 aliphatic rings. The van der Waals surface area contributed by atoms with Gasteiger partial charge in [-0.25, -0.2) is 18.5 Å². The molecule has 0 radical (unpaired) electrons. The van der Waals surface area contributed by atoms with Crippen LogP contribution in [0.3, 0.4) is 0 Å². The molecule has 1 fully saturated rings. The Balaban J connectivity index is 1.85. The summed E-state index contributed by atoms with van der Waals surface area (Å²) in [7, 11) is 0. The van der Waals surface area contributed by atoms with Crippen molar-refractivity contribution in [3.63, 3.8) is 0 Å². The molecule has 0 aromatic heterocycles. The first-order valence-corrected chi connectivity index (χ1v) is 8.37. The first kappa shape index (κ1) is 17.4. The van der Waals surface area contributed by atoms with Crippen LogP contribution >= 0.6 is 11.6 Å². The molecule has 1 heterocycles. The molecule has 4 rings (SSSR count). The molecule has 1 aliphatic carbocycles. The third-order valence-electron chi connectivity index (χ3n) is 4.96. The predicted octanol–water partition coefficient (Wildman–Crippen LogP) is 2.62.